The lowest BCUT2D eigenvalue weighted by Crippen LogP contribution is -2.63. The summed E-state index contributed by atoms with van der Waals surface area (Å²) in [6, 6.07) is 24.1. The Morgan fingerprint density at radius 2 is 1.45 bits per heavy atom. The van der Waals surface area contributed by atoms with Crippen LogP contribution in [0.3, 0.4) is 0 Å². The van der Waals surface area contributed by atoms with E-state index in [1.807, 2.05) is 0 Å². The van der Waals surface area contributed by atoms with E-state index in [2.05, 4.69) is 12.1 Å². The summed E-state index contributed by atoms with van der Waals surface area (Å²) < 4.78 is 0. The zero-order valence-electron chi connectivity index (χ0n) is 17.6. The fourth-order valence-electron chi connectivity index (χ4n) is 5.00. The third kappa shape index (κ3) is 2.93. The van der Waals surface area contributed by atoms with Crippen molar-refractivity contribution < 1.29 is 9.90 Å². The number of rotatable bonds is 3. The van der Waals surface area contributed by atoms with Crippen LogP contribution in [-0.2, 0) is 5.72 Å². The monoisotopic (exact) mass is 454 g/mol. The molecule has 2 amide bonds. The number of hydrogen-bond donors (Lipinski definition) is 1. The highest BCUT2D eigenvalue weighted by Gasteiger charge is 2.70. The highest BCUT2D eigenvalue weighted by atomic mass is 35.5. The normalized spacial score (nSPS) is 20.9. The van der Waals surface area contributed by atoms with Crippen molar-refractivity contribution >= 4 is 29.0 Å². The van der Waals surface area contributed by atoms with Gasteiger partial charge < -0.3 is 5.11 Å². The van der Waals surface area contributed by atoms with Crippen molar-refractivity contribution in [1.82, 2.24) is 0 Å². The molecule has 0 bridgehead atoms. The maximum absolute atomic E-state index is 14.0. The van der Waals surface area contributed by atoms with E-state index >= 15 is 0 Å². The van der Waals surface area contributed by atoms with E-state index < -0.39 is 11.3 Å². The number of aliphatic hydroxyl groups is 1. The highest BCUT2D eigenvalue weighted by molar-refractivity contribution is 6.30. The van der Waals surface area contributed by atoms with Crippen molar-refractivity contribution in [3.8, 4) is 12.1 Å². The Morgan fingerprint density at radius 3 is 2.03 bits per heavy atom. The zero-order chi connectivity index (χ0) is 23.2. The minimum atomic E-state index is -1.73. The van der Waals surface area contributed by atoms with E-state index in [9.17, 15) is 20.4 Å². The van der Waals surface area contributed by atoms with E-state index in [4.69, 9.17) is 11.6 Å². The molecule has 1 aliphatic carbocycles. The maximum Gasteiger partial charge on any atom is 0.332 e. The minimum Gasteiger partial charge on any atom is -0.364 e. The molecule has 1 N–H and O–H groups in total. The zero-order valence-corrected chi connectivity index (χ0v) is 18.3. The van der Waals surface area contributed by atoms with Crippen LogP contribution < -0.4 is 9.80 Å². The summed E-state index contributed by atoms with van der Waals surface area (Å²) in [5, 5.41) is 31.7. The van der Waals surface area contributed by atoms with Gasteiger partial charge in [0, 0.05) is 22.0 Å². The number of urea groups is 1. The SMILES string of the molecule is N#Cc1ccc(N2C(=O)N(c3ccc(Cl)cc3)C(O)(c3cccc(C#N)c3)C23CCC3)cc1. The largest absolute Gasteiger partial charge is 0.364 e. The van der Waals surface area contributed by atoms with E-state index in [0.717, 1.165) is 6.42 Å². The van der Waals surface area contributed by atoms with Crippen LogP contribution in [0.5, 0.6) is 0 Å². The molecule has 5 rings (SSSR count). The van der Waals surface area contributed by atoms with Crippen molar-refractivity contribution in [2.24, 2.45) is 0 Å². The Labute approximate surface area is 196 Å². The van der Waals surface area contributed by atoms with Gasteiger partial charge in [0.15, 0.2) is 5.72 Å². The van der Waals surface area contributed by atoms with Crippen molar-refractivity contribution in [1.29, 1.82) is 10.5 Å². The number of benzene rings is 3. The van der Waals surface area contributed by atoms with Gasteiger partial charge in [-0.05, 0) is 79.9 Å². The van der Waals surface area contributed by atoms with Gasteiger partial charge in [0.25, 0.3) is 0 Å². The van der Waals surface area contributed by atoms with Crippen LogP contribution in [0.25, 0.3) is 0 Å². The first kappa shape index (κ1) is 21.0. The lowest BCUT2D eigenvalue weighted by atomic mass is 9.66. The lowest BCUT2D eigenvalue weighted by molar-refractivity contribution is -0.0524. The van der Waals surface area contributed by atoms with Crippen LogP contribution >= 0.6 is 11.6 Å². The number of nitriles is 2. The van der Waals surface area contributed by atoms with E-state index in [0.29, 0.717) is 45.9 Å². The molecule has 2 aliphatic rings. The van der Waals surface area contributed by atoms with E-state index in [1.165, 1.54) is 4.90 Å². The Morgan fingerprint density at radius 1 is 0.848 bits per heavy atom. The number of halogens is 1. The molecule has 0 aromatic heterocycles. The molecule has 3 aromatic carbocycles. The van der Waals surface area contributed by atoms with Crippen molar-refractivity contribution in [3.05, 3.63) is 94.5 Å². The molecule has 33 heavy (non-hydrogen) atoms. The molecule has 7 heteroatoms. The summed E-state index contributed by atoms with van der Waals surface area (Å²) in [6.45, 7) is 0. The van der Waals surface area contributed by atoms with Gasteiger partial charge in [-0.1, -0.05) is 23.7 Å². The first-order valence-electron chi connectivity index (χ1n) is 10.6. The second kappa shape index (κ2) is 7.64. The van der Waals surface area contributed by atoms with Crippen LogP contribution in [-0.4, -0.2) is 16.7 Å². The number of nitrogens with zero attached hydrogens (tertiary/aromatic N) is 4. The molecule has 1 aliphatic heterocycles. The summed E-state index contributed by atoms with van der Waals surface area (Å²) in [7, 11) is 0. The second-order valence-electron chi connectivity index (χ2n) is 8.34. The first-order chi connectivity index (χ1) is 15.9. The fraction of sp³-hybridized carbons (Fsp3) is 0.192. The third-order valence-corrected chi connectivity index (χ3v) is 6.95. The summed E-state index contributed by atoms with van der Waals surface area (Å²) in [6.07, 6.45) is 2.00. The highest BCUT2D eigenvalue weighted by Crippen LogP contribution is 2.59. The average molecular weight is 455 g/mol. The summed E-state index contributed by atoms with van der Waals surface area (Å²) in [4.78, 5) is 17.1. The number of hydrogen-bond acceptors (Lipinski definition) is 4. The van der Waals surface area contributed by atoms with Crippen molar-refractivity contribution in [2.75, 3.05) is 9.80 Å². The lowest BCUT2D eigenvalue weighted by Gasteiger charge is -2.52. The van der Waals surface area contributed by atoms with Crippen LogP contribution in [0.15, 0.2) is 72.8 Å². The molecular formula is C26H19ClN4O2. The molecule has 162 valence electrons. The third-order valence-electron chi connectivity index (χ3n) is 6.70. The number of carbonyl (C=O) groups excluding carboxylic acids is 1. The Kier molecular flexibility index (Phi) is 4.87. The Balaban J connectivity index is 1.76. The molecule has 6 nitrogen and oxygen atoms in total. The van der Waals surface area contributed by atoms with Crippen LogP contribution in [0, 0.1) is 22.7 Å². The molecule has 0 radical (unpaired) electrons. The number of carbonyl (C=O) groups is 1. The van der Waals surface area contributed by atoms with Gasteiger partial charge in [-0.15, -0.1) is 0 Å². The fourth-order valence-corrected chi connectivity index (χ4v) is 5.13. The number of amides is 2. The van der Waals surface area contributed by atoms with Crippen LogP contribution in [0.4, 0.5) is 16.2 Å². The Bertz CT molecular complexity index is 1320. The van der Waals surface area contributed by atoms with Gasteiger partial charge in [0.2, 0.25) is 0 Å². The van der Waals surface area contributed by atoms with Gasteiger partial charge in [0.05, 0.1) is 23.3 Å². The predicted octanol–water partition coefficient (Wildman–Crippen LogP) is 5.30. The van der Waals surface area contributed by atoms with Crippen molar-refractivity contribution in [2.45, 2.75) is 30.5 Å². The van der Waals surface area contributed by atoms with Gasteiger partial charge >= 0.3 is 6.03 Å². The molecule has 1 heterocycles. The average Bonchev–Trinajstić information content (AvgIpc) is 3.04. The molecule has 1 saturated heterocycles. The molecule has 1 atom stereocenters. The van der Waals surface area contributed by atoms with Gasteiger partial charge in [-0.2, -0.15) is 10.5 Å². The second-order valence-corrected chi connectivity index (χ2v) is 8.77. The van der Waals surface area contributed by atoms with Crippen LogP contribution in [0.2, 0.25) is 5.02 Å². The van der Waals surface area contributed by atoms with Crippen molar-refractivity contribution in [3.63, 3.8) is 0 Å². The molecular weight excluding hydrogens is 436 g/mol. The quantitative estimate of drug-likeness (QED) is 0.581. The van der Waals surface area contributed by atoms with Gasteiger partial charge in [-0.3, -0.25) is 9.80 Å². The Hall–Kier alpha value is -3.84. The number of anilines is 2. The molecule has 3 aromatic rings. The molecule has 2 fully saturated rings. The summed E-state index contributed by atoms with van der Waals surface area (Å²) in [5.74, 6) is 0. The summed E-state index contributed by atoms with van der Waals surface area (Å²) in [5.41, 5.74) is -0.208. The van der Waals surface area contributed by atoms with Gasteiger partial charge in [-0.25, -0.2) is 4.79 Å². The predicted molar refractivity (Wildman–Crippen MR) is 125 cm³/mol. The topological polar surface area (TPSA) is 91.4 Å². The standard InChI is InChI=1S/C26H19ClN4O2/c27-21-7-11-23(12-8-21)31-24(32)30(22-9-5-18(16-28)6-10-22)25(13-2-14-25)26(31,33)20-4-1-3-19(15-20)17-29/h1,3-12,15,33H,2,13-14H2. The molecule has 1 unspecified atom stereocenters. The van der Waals surface area contributed by atoms with Gasteiger partial charge in [0.1, 0.15) is 5.54 Å². The molecule has 1 spiro atoms. The minimum absolute atomic E-state index is 0.383. The van der Waals surface area contributed by atoms with E-state index in [1.54, 1.807) is 77.7 Å². The van der Waals surface area contributed by atoms with E-state index in [-0.39, 0.29) is 6.03 Å². The molecule has 1 saturated carbocycles. The van der Waals surface area contributed by atoms with Crippen LogP contribution in [0.1, 0.15) is 36.0 Å². The smallest absolute Gasteiger partial charge is 0.332 e. The first-order valence-corrected chi connectivity index (χ1v) is 11.0. The maximum atomic E-state index is 14.0. The summed E-state index contributed by atoms with van der Waals surface area (Å²) >= 11 is 6.09.